The van der Waals surface area contributed by atoms with Crippen molar-refractivity contribution in [2.75, 3.05) is 7.11 Å². The summed E-state index contributed by atoms with van der Waals surface area (Å²) in [6, 6.07) is 20.0. The summed E-state index contributed by atoms with van der Waals surface area (Å²) in [6.45, 7) is 1.32. The Bertz CT molecular complexity index is 905. The van der Waals surface area contributed by atoms with Crippen LogP contribution in [0.2, 0.25) is 5.02 Å². The first-order valence-electron chi connectivity index (χ1n) is 8.65. The molecular formula is C22H22Cl2FNO2. The molecule has 0 unspecified atom stereocenters. The van der Waals surface area contributed by atoms with Gasteiger partial charge in [0.15, 0.2) is 11.5 Å². The maximum Gasteiger partial charge on any atom is 0.166 e. The summed E-state index contributed by atoms with van der Waals surface area (Å²) in [6.07, 6.45) is 0. The van der Waals surface area contributed by atoms with E-state index in [2.05, 4.69) is 5.32 Å². The highest BCUT2D eigenvalue weighted by Gasteiger charge is 2.12. The summed E-state index contributed by atoms with van der Waals surface area (Å²) in [7, 11) is 1.59. The standard InChI is InChI=1S/C22H21ClFNO2.ClH/c1-26-21-12-6-9-17(14-25-13-16-7-2-4-10-19(16)23)22(21)27-15-18-8-3-5-11-20(18)24;/h2-12,25H,13-15H2,1H3;1H. The average molecular weight is 422 g/mol. The number of hydrogen-bond acceptors (Lipinski definition) is 3. The van der Waals surface area contributed by atoms with Crippen molar-refractivity contribution >= 4 is 24.0 Å². The summed E-state index contributed by atoms with van der Waals surface area (Å²) in [5, 5.41) is 4.09. The zero-order chi connectivity index (χ0) is 19.1. The summed E-state index contributed by atoms with van der Waals surface area (Å²) in [5.74, 6) is 0.934. The van der Waals surface area contributed by atoms with Gasteiger partial charge in [-0.2, -0.15) is 0 Å². The Morgan fingerprint density at radius 1 is 0.857 bits per heavy atom. The zero-order valence-electron chi connectivity index (χ0n) is 15.5. The van der Waals surface area contributed by atoms with E-state index in [1.165, 1.54) is 6.07 Å². The van der Waals surface area contributed by atoms with Gasteiger partial charge in [0.2, 0.25) is 0 Å². The fourth-order valence-corrected chi connectivity index (χ4v) is 2.97. The number of benzene rings is 3. The van der Waals surface area contributed by atoms with Gasteiger partial charge < -0.3 is 14.8 Å². The maximum absolute atomic E-state index is 13.9. The lowest BCUT2D eigenvalue weighted by molar-refractivity contribution is 0.276. The predicted octanol–water partition coefficient (Wildman–Crippen LogP) is 5.78. The van der Waals surface area contributed by atoms with Crippen LogP contribution in [0.25, 0.3) is 0 Å². The van der Waals surface area contributed by atoms with Crippen LogP contribution in [0, 0.1) is 5.82 Å². The molecule has 0 atom stereocenters. The smallest absolute Gasteiger partial charge is 0.166 e. The molecule has 148 valence electrons. The van der Waals surface area contributed by atoms with Crippen LogP contribution in [-0.4, -0.2) is 7.11 Å². The van der Waals surface area contributed by atoms with E-state index in [-0.39, 0.29) is 24.8 Å². The molecular weight excluding hydrogens is 400 g/mol. The minimum Gasteiger partial charge on any atom is -0.493 e. The van der Waals surface area contributed by atoms with Crippen LogP contribution in [0.1, 0.15) is 16.7 Å². The minimum atomic E-state index is -0.286. The molecule has 0 fully saturated rings. The van der Waals surface area contributed by atoms with Gasteiger partial charge in [-0.3, -0.25) is 0 Å². The molecule has 3 rings (SSSR count). The second-order valence-electron chi connectivity index (χ2n) is 6.02. The molecule has 0 saturated carbocycles. The molecule has 0 radical (unpaired) electrons. The zero-order valence-corrected chi connectivity index (χ0v) is 17.0. The Hall–Kier alpha value is -2.27. The van der Waals surface area contributed by atoms with Crippen LogP contribution >= 0.6 is 24.0 Å². The first-order chi connectivity index (χ1) is 13.2. The number of halogens is 3. The fourth-order valence-electron chi connectivity index (χ4n) is 2.76. The van der Waals surface area contributed by atoms with Crippen LogP contribution in [0.3, 0.4) is 0 Å². The maximum atomic E-state index is 13.9. The SMILES string of the molecule is COc1cccc(CNCc2ccccc2Cl)c1OCc1ccccc1F.Cl. The van der Waals surface area contributed by atoms with Gasteiger partial charge in [-0.15, -0.1) is 12.4 Å². The largest absolute Gasteiger partial charge is 0.493 e. The van der Waals surface area contributed by atoms with Gasteiger partial charge in [-0.25, -0.2) is 4.39 Å². The Morgan fingerprint density at radius 3 is 2.21 bits per heavy atom. The second kappa shape index (κ2) is 10.9. The first-order valence-corrected chi connectivity index (χ1v) is 9.03. The Balaban J connectivity index is 0.00000280. The van der Waals surface area contributed by atoms with Crippen molar-refractivity contribution in [3.05, 3.63) is 94.3 Å². The first kappa shape index (κ1) is 22.0. The van der Waals surface area contributed by atoms with Crippen molar-refractivity contribution in [2.45, 2.75) is 19.7 Å². The molecule has 3 aromatic carbocycles. The topological polar surface area (TPSA) is 30.5 Å². The Labute approximate surface area is 175 Å². The molecule has 0 amide bonds. The van der Waals surface area contributed by atoms with Gasteiger partial charge in [-0.05, 0) is 23.8 Å². The minimum absolute atomic E-state index is 0. The summed E-state index contributed by atoms with van der Waals surface area (Å²) >= 11 is 6.20. The molecule has 28 heavy (non-hydrogen) atoms. The Kier molecular flexibility index (Phi) is 8.58. The molecule has 6 heteroatoms. The molecule has 1 N–H and O–H groups in total. The third-order valence-electron chi connectivity index (χ3n) is 4.20. The van der Waals surface area contributed by atoms with E-state index in [0.29, 0.717) is 30.2 Å². The molecule has 0 bridgehead atoms. The van der Waals surface area contributed by atoms with E-state index in [1.54, 1.807) is 25.3 Å². The van der Waals surface area contributed by atoms with Gasteiger partial charge in [0.25, 0.3) is 0 Å². The molecule has 3 nitrogen and oxygen atoms in total. The van der Waals surface area contributed by atoms with Crippen molar-refractivity contribution in [1.29, 1.82) is 0 Å². The Morgan fingerprint density at radius 2 is 1.50 bits per heavy atom. The molecule has 0 saturated heterocycles. The third-order valence-corrected chi connectivity index (χ3v) is 4.57. The second-order valence-corrected chi connectivity index (χ2v) is 6.43. The number of nitrogens with one attached hydrogen (secondary N) is 1. The van der Waals surface area contributed by atoms with E-state index in [4.69, 9.17) is 21.1 Å². The van der Waals surface area contributed by atoms with Crippen molar-refractivity contribution in [2.24, 2.45) is 0 Å². The molecule has 0 spiro atoms. The van der Waals surface area contributed by atoms with Gasteiger partial charge in [0.1, 0.15) is 12.4 Å². The molecule has 0 aliphatic heterocycles. The van der Waals surface area contributed by atoms with Crippen molar-refractivity contribution in [3.63, 3.8) is 0 Å². The summed E-state index contributed by atoms with van der Waals surface area (Å²) in [4.78, 5) is 0. The fraction of sp³-hybridized carbons (Fsp3) is 0.182. The van der Waals surface area contributed by atoms with E-state index in [9.17, 15) is 4.39 Å². The van der Waals surface area contributed by atoms with Crippen molar-refractivity contribution in [3.8, 4) is 11.5 Å². The van der Waals surface area contributed by atoms with Crippen LogP contribution in [0.5, 0.6) is 11.5 Å². The number of ether oxygens (including phenoxy) is 2. The lowest BCUT2D eigenvalue weighted by atomic mass is 10.1. The summed E-state index contributed by atoms with van der Waals surface area (Å²) < 4.78 is 25.2. The van der Waals surface area contributed by atoms with Crippen LogP contribution in [0.4, 0.5) is 4.39 Å². The quantitative estimate of drug-likeness (QED) is 0.499. The highest BCUT2D eigenvalue weighted by Crippen LogP contribution is 2.32. The summed E-state index contributed by atoms with van der Waals surface area (Å²) in [5.41, 5.74) is 2.45. The van der Waals surface area contributed by atoms with E-state index >= 15 is 0 Å². The van der Waals surface area contributed by atoms with Gasteiger partial charge in [0, 0.05) is 29.2 Å². The predicted molar refractivity (Wildman–Crippen MR) is 113 cm³/mol. The van der Waals surface area contributed by atoms with Gasteiger partial charge >= 0.3 is 0 Å². The highest BCUT2D eigenvalue weighted by molar-refractivity contribution is 6.31. The lowest BCUT2D eigenvalue weighted by Crippen LogP contribution is -2.14. The monoisotopic (exact) mass is 421 g/mol. The average Bonchev–Trinajstić information content (AvgIpc) is 2.69. The van der Waals surface area contributed by atoms with E-state index in [1.807, 2.05) is 42.5 Å². The van der Waals surface area contributed by atoms with Crippen molar-refractivity contribution in [1.82, 2.24) is 5.32 Å². The van der Waals surface area contributed by atoms with E-state index < -0.39 is 0 Å². The van der Waals surface area contributed by atoms with Crippen LogP contribution < -0.4 is 14.8 Å². The highest BCUT2D eigenvalue weighted by atomic mass is 35.5. The molecule has 3 aromatic rings. The molecule has 0 aliphatic carbocycles. The third kappa shape index (κ3) is 5.61. The van der Waals surface area contributed by atoms with Crippen molar-refractivity contribution < 1.29 is 13.9 Å². The van der Waals surface area contributed by atoms with Gasteiger partial charge in [0.05, 0.1) is 7.11 Å². The van der Waals surface area contributed by atoms with Gasteiger partial charge in [-0.1, -0.05) is 60.1 Å². The van der Waals surface area contributed by atoms with Crippen LogP contribution in [-0.2, 0) is 19.7 Å². The van der Waals surface area contributed by atoms with Crippen LogP contribution in [0.15, 0.2) is 66.7 Å². The van der Waals surface area contributed by atoms with E-state index in [0.717, 1.165) is 16.1 Å². The number of para-hydroxylation sites is 1. The normalized spacial score (nSPS) is 10.2. The number of hydrogen-bond donors (Lipinski definition) is 1. The number of methoxy groups -OCH3 is 1. The molecule has 0 aromatic heterocycles. The molecule has 0 aliphatic rings. The lowest BCUT2D eigenvalue weighted by Gasteiger charge is -2.16. The number of rotatable bonds is 8. The molecule has 0 heterocycles.